The number of nitrogens with one attached hydrogen (secondary N) is 2. The van der Waals surface area contributed by atoms with Crippen LogP contribution in [0.1, 0.15) is 26.4 Å². The number of imidazole rings is 1. The van der Waals surface area contributed by atoms with Gasteiger partial charge in [-0.2, -0.15) is 5.10 Å². The van der Waals surface area contributed by atoms with Crippen LogP contribution in [0.3, 0.4) is 0 Å². The van der Waals surface area contributed by atoms with Crippen LogP contribution in [-0.2, 0) is 5.75 Å². The molecule has 0 bridgehead atoms. The molecule has 2 aromatic heterocycles. The summed E-state index contributed by atoms with van der Waals surface area (Å²) in [5.41, 5.74) is 7.43. The number of thioether (sulfide) groups is 1. The predicted octanol–water partition coefficient (Wildman–Crippen LogP) is 4.99. The minimum absolute atomic E-state index is 0.220. The Morgan fingerprint density at radius 2 is 2.04 bits per heavy atom. The number of aryl methyl sites for hydroxylation is 1. The van der Waals surface area contributed by atoms with Crippen LogP contribution in [0.15, 0.2) is 70.2 Å². The van der Waals surface area contributed by atoms with E-state index in [-0.39, 0.29) is 5.91 Å². The first kappa shape index (κ1) is 18.5. The van der Waals surface area contributed by atoms with E-state index < -0.39 is 0 Å². The summed E-state index contributed by atoms with van der Waals surface area (Å²) in [5.74, 6) is 0.555. The molecule has 0 aliphatic carbocycles. The zero-order valence-electron chi connectivity index (χ0n) is 15.2. The molecule has 0 fully saturated rings. The van der Waals surface area contributed by atoms with Crippen molar-refractivity contribution in [1.29, 1.82) is 0 Å². The Morgan fingerprint density at radius 3 is 2.79 bits per heavy atom. The highest BCUT2D eigenvalue weighted by atomic mass is 32.2. The number of thiophene rings is 1. The van der Waals surface area contributed by atoms with Crippen LogP contribution in [0.2, 0.25) is 0 Å². The van der Waals surface area contributed by atoms with Gasteiger partial charge in [-0.05, 0) is 53.8 Å². The fourth-order valence-electron chi connectivity index (χ4n) is 2.63. The molecule has 2 N–H and O–H groups in total. The van der Waals surface area contributed by atoms with Crippen molar-refractivity contribution in [1.82, 2.24) is 15.4 Å². The second-order valence-corrected chi connectivity index (χ2v) is 8.12. The third kappa shape index (κ3) is 4.32. The van der Waals surface area contributed by atoms with Gasteiger partial charge in [0.15, 0.2) is 5.16 Å². The normalized spacial score (nSPS) is 11.3. The number of H-pyrrole nitrogens is 1. The molecule has 0 saturated heterocycles. The Bertz CT molecular complexity index is 1100. The zero-order valence-corrected chi connectivity index (χ0v) is 16.8. The monoisotopic (exact) mass is 406 g/mol. The molecule has 1 amide bonds. The number of aromatic nitrogens is 2. The summed E-state index contributed by atoms with van der Waals surface area (Å²) in [4.78, 5) is 21.1. The zero-order chi connectivity index (χ0) is 19.3. The van der Waals surface area contributed by atoms with E-state index in [0.29, 0.717) is 5.56 Å². The molecule has 0 saturated carbocycles. The largest absolute Gasteiger partial charge is 0.333 e. The number of aromatic amines is 1. The first-order valence-electron chi connectivity index (χ1n) is 8.73. The van der Waals surface area contributed by atoms with Gasteiger partial charge in [-0.3, -0.25) is 4.79 Å². The topological polar surface area (TPSA) is 70.1 Å². The maximum absolute atomic E-state index is 12.2. The second-order valence-electron chi connectivity index (χ2n) is 6.21. The number of rotatable bonds is 6. The molecule has 2 aromatic carbocycles. The molecule has 2 heterocycles. The Kier molecular flexibility index (Phi) is 5.55. The number of hydrogen-bond acceptors (Lipinski definition) is 5. The molecule has 4 rings (SSSR count). The first-order chi connectivity index (χ1) is 13.7. The third-order valence-electron chi connectivity index (χ3n) is 4.21. The van der Waals surface area contributed by atoms with Gasteiger partial charge >= 0.3 is 0 Å². The van der Waals surface area contributed by atoms with E-state index in [1.807, 2.05) is 66.9 Å². The molecular weight excluding hydrogens is 388 g/mol. The highest BCUT2D eigenvalue weighted by Crippen LogP contribution is 2.23. The smallest absolute Gasteiger partial charge is 0.271 e. The molecule has 5 nitrogen and oxygen atoms in total. The molecule has 0 radical (unpaired) electrons. The Labute approximate surface area is 170 Å². The molecular formula is C21H18N4OS2. The van der Waals surface area contributed by atoms with E-state index in [2.05, 4.69) is 20.5 Å². The summed E-state index contributed by atoms with van der Waals surface area (Å²) in [5, 5.41) is 6.93. The van der Waals surface area contributed by atoms with E-state index in [1.165, 1.54) is 0 Å². The number of fused-ring (bicyclic) bond motifs is 1. The van der Waals surface area contributed by atoms with E-state index >= 15 is 0 Å². The van der Waals surface area contributed by atoms with Crippen molar-refractivity contribution in [3.05, 3.63) is 81.5 Å². The van der Waals surface area contributed by atoms with E-state index in [9.17, 15) is 4.79 Å². The van der Waals surface area contributed by atoms with Crippen LogP contribution in [0.4, 0.5) is 0 Å². The average Bonchev–Trinajstić information content (AvgIpc) is 3.32. The fraction of sp³-hybridized carbons (Fsp3) is 0.0952. The molecule has 0 aliphatic rings. The van der Waals surface area contributed by atoms with Crippen LogP contribution in [0.5, 0.6) is 0 Å². The average molecular weight is 407 g/mol. The van der Waals surface area contributed by atoms with Gasteiger partial charge in [-0.15, -0.1) is 11.3 Å². The van der Waals surface area contributed by atoms with E-state index in [4.69, 9.17) is 0 Å². The predicted molar refractivity (Wildman–Crippen MR) is 116 cm³/mol. The van der Waals surface area contributed by atoms with Gasteiger partial charge in [0.05, 0.1) is 17.2 Å². The summed E-state index contributed by atoms with van der Waals surface area (Å²) in [6.07, 6.45) is 1.68. The second kappa shape index (κ2) is 8.41. The number of para-hydroxylation sites is 2. The standard InChI is InChI=1S/C21H18N4OS2/c1-14-10-11-27-19(14)12-22-25-20(26)16-8-6-15(7-9-16)13-28-21-23-17-4-2-3-5-18(17)24-21/h2-12H,13H2,1H3,(H,23,24)(H,25,26). The highest BCUT2D eigenvalue weighted by molar-refractivity contribution is 7.98. The summed E-state index contributed by atoms with van der Waals surface area (Å²) >= 11 is 3.23. The minimum atomic E-state index is -0.220. The minimum Gasteiger partial charge on any atom is -0.333 e. The van der Waals surface area contributed by atoms with Gasteiger partial charge in [0.25, 0.3) is 5.91 Å². The van der Waals surface area contributed by atoms with Crippen molar-refractivity contribution in [2.75, 3.05) is 0 Å². The van der Waals surface area contributed by atoms with Gasteiger partial charge in [0, 0.05) is 16.2 Å². The highest BCUT2D eigenvalue weighted by Gasteiger charge is 2.06. The summed E-state index contributed by atoms with van der Waals surface area (Å²) in [6.45, 7) is 2.02. The quantitative estimate of drug-likeness (QED) is 0.269. The van der Waals surface area contributed by atoms with Crippen molar-refractivity contribution in [2.45, 2.75) is 17.8 Å². The van der Waals surface area contributed by atoms with Gasteiger partial charge in [0.1, 0.15) is 0 Å². The SMILES string of the molecule is Cc1ccsc1C=NNC(=O)c1ccc(CSc2nc3ccccc3[nH]2)cc1. The van der Waals surface area contributed by atoms with Crippen molar-refractivity contribution in [2.24, 2.45) is 5.10 Å². The third-order valence-corrected chi connectivity index (χ3v) is 6.11. The lowest BCUT2D eigenvalue weighted by molar-refractivity contribution is 0.0955. The first-order valence-corrected chi connectivity index (χ1v) is 10.6. The number of nitrogens with zero attached hydrogens (tertiary/aromatic N) is 2. The van der Waals surface area contributed by atoms with Crippen molar-refractivity contribution in [3.63, 3.8) is 0 Å². The van der Waals surface area contributed by atoms with Gasteiger partial charge in [-0.25, -0.2) is 10.4 Å². The van der Waals surface area contributed by atoms with Gasteiger partial charge in [0.2, 0.25) is 0 Å². The molecule has 28 heavy (non-hydrogen) atoms. The lowest BCUT2D eigenvalue weighted by Crippen LogP contribution is -2.17. The van der Waals surface area contributed by atoms with Crippen LogP contribution < -0.4 is 5.43 Å². The molecule has 7 heteroatoms. The summed E-state index contributed by atoms with van der Waals surface area (Å²) in [7, 11) is 0. The Morgan fingerprint density at radius 1 is 1.21 bits per heavy atom. The van der Waals surface area contributed by atoms with E-state index in [0.717, 1.165) is 37.9 Å². The van der Waals surface area contributed by atoms with Crippen LogP contribution in [0.25, 0.3) is 11.0 Å². The van der Waals surface area contributed by atoms with Crippen molar-refractivity contribution >= 4 is 46.3 Å². The summed E-state index contributed by atoms with van der Waals surface area (Å²) in [6, 6.07) is 17.5. The number of hydrazone groups is 1. The number of hydrogen-bond donors (Lipinski definition) is 2. The van der Waals surface area contributed by atoms with Crippen LogP contribution in [-0.4, -0.2) is 22.1 Å². The van der Waals surface area contributed by atoms with Crippen molar-refractivity contribution in [3.8, 4) is 0 Å². The lowest BCUT2D eigenvalue weighted by Gasteiger charge is -2.03. The van der Waals surface area contributed by atoms with Crippen LogP contribution >= 0.6 is 23.1 Å². The number of benzene rings is 2. The number of carbonyl (C=O) groups is 1. The van der Waals surface area contributed by atoms with Gasteiger partial charge in [-0.1, -0.05) is 36.0 Å². The Balaban J connectivity index is 1.33. The Hall–Kier alpha value is -2.90. The molecule has 0 spiro atoms. The maximum Gasteiger partial charge on any atom is 0.271 e. The van der Waals surface area contributed by atoms with Crippen LogP contribution in [0, 0.1) is 6.92 Å². The lowest BCUT2D eigenvalue weighted by atomic mass is 10.1. The maximum atomic E-state index is 12.2. The summed E-state index contributed by atoms with van der Waals surface area (Å²) < 4.78 is 0. The van der Waals surface area contributed by atoms with Crippen molar-refractivity contribution < 1.29 is 4.79 Å². The molecule has 0 unspecified atom stereocenters. The van der Waals surface area contributed by atoms with E-state index in [1.54, 1.807) is 29.3 Å². The molecule has 4 aromatic rings. The molecule has 0 aliphatic heterocycles. The molecule has 140 valence electrons. The molecule has 0 atom stereocenters. The van der Waals surface area contributed by atoms with Gasteiger partial charge < -0.3 is 4.98 Å². The number of carbonyl (C=O) groups excluding carboxylic acids is 1. The fourth-order valence-corrected chi connectivity index (χ4v) is 4.26. The number of amides is 1.